The number of benzene rings is 1. The van der Waals surface area contributed by atoms with Crippen LogP contribution in [0.3, 0.4) is 0 Å². The van der Waals surface area contributed by atoms with Gasteiger partial charge in [-0.3, -0.25) is 9.59 Å². The summed E-state index contributed by atoms with van der Waals surface area (Å²) in [5, 5.41) is 10.4. The maximum Gasteiger partial charge on any atom is 0.307 e. The lowest BCUT2D eigenvalue weighted by Gasteiger charge is -2.03. The van der Waals surface area contributed by atoms with Crippen molar-refractivity contribution >= 4 is 17.3 Å². The molecule has 1 N–H and O–H groups in total. The molecule has 0 fully saturated rings. The number of nitrogens with zero attached hydrogens (tertiary/aromatic N) is 1. The van der Waals surface area contributed by atoms with Gasteiger partial charge in [-0.15, -0.1) is 0 Å². The van der Waals surface area contributed by atoms with Crippen LogP contribution in [0, 0.1) is 0 Å². The number of hydrogen-bond acceptors (Lipinski definition) is 3. The normalized spacial score (nSPS) is 10.4. The standard InChI is InChI=1S/C12H11NO3S/c14-11(15)7-9-1-3-10(4-2-9)8-13-5-6-17-12(13)16/h1-6H,7-8H2,(H,14,15). The van der Waals surface area contributed by atoms with E-state index < -0.39 is 5.97 Å². The number of aliphatic carboxylic acids is 1. The zero-order valence-electron chi connectivity index (χ0n) is 9.00. The zero-order chi connectivity index (χ0) is 12.3. The van der Waals surface area contributed by atoms with Crippen molar-refractivity contribution in [1.29, 1.82) is 0 Å². The molecule has 2 aromatic rings. The molecule has 0 spiro atoms. The monoisotopic (exact) mass is 249 g/mol. The number of thiazole rings is 1. The Balaban J connectivity index is 2.11. The van der Waals surface area contributed by atoms with Crippen LogP contribution >= 0.6 is 11.3 Å². The molecule has 0 aliphatic rings. The quantitative estimate of drug-likeness (QED) is 0.895. The second-order valence-electron chi connectivity index (χ2n) is 3.68. The highest BCUT2D eigenvalue weighted by Crippen LogP contribution is 2.07. The highest BCUT2D eigenvalue weighted by Gasteiger charge is 2.02. The van der Waals surface area contributed by atoms with Gasteiger partial charge in [0.15, 0.2) is 0 Å². The average molecular weight is 249 g/mol. The summed E-state index contributed by atoms with van der Waals surface area (Å²) >= 11 is 1.16. The van der Waals surface area contributed by atoms with Crippen molar-refractivity contribution in [3.05, 3.63) is 56.6 Å². The van der Waals surface area contributed by atoms with Crippen LogP contribution in [0.1, 0.15) is 11.1 Å². The van der Waals surface area contributed by atoms with Crippen molar-refractivity contribution in [2.24, 2.45) is 0 Å². The topological polar surface area (TPSA) is 59.3 Å². The zero-order valence-corrected chi connectivity index (χ0v) is 9.81. The van der Waals surface area contributed by atoms with Crippen molar-refractivity contribution in [2.45, 2.75) is 13.0 Å². The van der Waals surface area contributed by atoms with Gasteiger partial charge < -0.3 is 9.67 Å². The van der Waals surface area contributed by atoms with Crippen LogP contribution in [0.5, 0.6) is 0 Å². The first-order valence-corrected chi connectivity index (χ1v) is 5.96. The maximum absolute atomic E-state index is 11.3. The highest BCUT2D eigenvalue weighted by molar-refractivity contribution is 7.07. The first-order valence-electron chi connectivity index (χ1n) is 5.09. The van der Waals surface area contributed by atoms with Crippen molar-refractivity contribution in [3.63, 3.8) is 0 Å². The van der Waals surface area contributed by atoms with Gasteiger partial charge in [-0.25, -0.2) is 0 Å². The molecule has 0 amide bonds. The minimum atomic E-state index is -0.841. The molecular weight excluding hydrogens is 238 g/mol. The van der Waals surface area contributed by atoms with E-state index in [1.54, 1.807) is 28.3 Å². The summed E-state index contributed by atoms with van der Waals surface area (Å²) in [6.45, 7) is 0.523. The summed E-state index contributed by atoms with van der Waals surface area (Å²) in [7, 11) is 0. The molecule has 1 heterocycles. The molecule has 5 heteroatoms. The molecule has 0 atom stereocenters. The van der Waals surface area contributed by atoms with Crippen molar-refractivity contribution in [3.8, 4) is 0 Å². The van der Waals surface area contributed by atoms with Crippen molar-refractivity contribution in [1.82, 2.24) is 4.57 Å². The number of aromatic nitrogens is 1. The van der Waals surface area contributed by atoms with E-state index in [1.165, 1.54) is 0 Å². The van der Waals surface area contributed by atoms with Gasteiger partial charge in [0.05, 0.1) is 13.0 Å². The van der Waals surface area contributed by atoms with E-state index in [-0.39, 0.29) is 11.3 Å². The lowest BCUT2D eigenvalue weighted by atomic mass is 10.1. The third-order valence-corrected chi connectivity index (χ3v) is 3.07. The molecular formula is C12H11NO3S. The Bertz CT molecular complexity index is 568. The van der Waals surface area contributed by atoms with Crippen molar-refractivity contribution in [2.75, 3.05) is 0 Å². The minimum absolute atomic E-state index is 0.0135. The van der Waals surface area contributed by atoms with Crippen LogP contribution in [-0.2, 0) is 17.8 Å². The van der Waals surface area contributed by atoms with E-state index in [9.17, 15) is 9.59 Å². The second-order valence-corrected chi connectivity index (χ2v) is 4.54. The van der Waals surface area contributed by atoms with Gasteiger partial charge in [-0.2, -0.15) is 0 Å². The largest absolute Gasteiger partial charge is 0.481 e. The molecule has 17 heavy (non-hydrogen) atoms. The Kier molecular flexibility index (Phi) is 3.39. The summed E-state index contributed by atoms with van der Waals surface area (Å²) < 4.78 is 1.62. The van der Waals surface area contributed by atoms with Crippen LogP contribution < -0.4 is 4.87 Å². The van der Waals surface area contributed by atoms with Crippen LogP contribution in [0.4, 0.5) is 0 Å². The number of carboxylic acid groups (broad SMARTS) is 1. The molecule has 0 unspecified atom stereocenters. The molecule has 0 aliphatic carbocycles. The van der Waals surface area contributed by atoms with E-state index in [0.29, 0.717) is 6.54 Å². The van der Waals surface area contributed by atoms with E-state index in [4.69, 9.17) is 5.11 Å². The van der Waals surface area contributed by atoms with Gasteiger partial charge in [0.1, 0.15) is 0 Å². The molecule has 0 bridgehead atoms. The first-order chi connectivity index (χ1) is 8.15. The molecule has 0 radical (unpaired) electrons. The Morgan fingerprint density at radius 3 is 2.41 bits per heavy atom. The predicted molar refractivity (Wildman–Crippen MR) is 65.5 cm³/mol. The maximum atomic E-state index is 11.3. The summed E-state index contributed by atoms with van der Waals surface area (Å²) in [4.78, 5) is 21.9. The van der Waals surface area contributed by atoms with E-state index in [1.807, 2.05) is 12.1 Å². The fourth-order valence-electron chi connectivity index (χ4n) is 1.54. The van der Waals surface area contributed by atoms with E-state index in [0.717, 1.165) is 22.5 Å². The fraction of sp³-hybridized carbons (Fsp3) is 0.167. The highest BCUT2D eigenvalue weighted by atomic mass is 32.1. The Morgan fingerprint density at radius 1 is 1.24 bits per heavy atom. The molecule has 1 aromatic carbocycles. The number of rotatable bonds is 4. The SMILES string of the molecule is O=C(O)Cc1ccc(Cn2ccsc2=O)cc1. The van der Waals surface area contributed by atoms with Gasteiger partial charge in [-0.1, -0.05) is 35.6 Å². The number of carbonyl (C=O) groups is 1. The van der Waals surface area contributed by atoms with Crippen LogP contribution in [-0.4, -0.2) is 15.6 Å². The summed E-state index contributed by atoms with van der Waals surface area (Å²) in [6, 6.07) is 7.26. The van der Waals surface area contributed by atoms with Crippen LogP contribution in [0.2, 0.25) is 0 Å². The molecule has 4 nitrogen and oxygen atoms in total. The van der Waals surface area contributed by atoms with Crippen LogP contribution in [0.25, 0.3) is 0 Å². The predicted octanol–water partition coefficient (Wildman–Crippen LogP) is 1.59. The van der Waals surface area contributed by atoms with Gasteiger partial charge in [0.25, 0.3) is 0 Å². The lowest BCUT2D eigenvalue weighted by Crippen LogP contribution is -2.12. The fourth-order valence-corrected chi connectivity index (χ4v) is 2.13. The van der Waals surface area contributed by atoms with Gasteiger partial charge in [0, 0.05) is 11.6 Å². The average Bonchev–Trinajstić information content (AvgIpc) is 2.67. The third kappa shape index (κ3) is 3.04. The van der Waals surface area contributed by atoms with Crippen molar-refractivity contribution < 1.29 is 9.90 Å². The molecule has 1 aromatic heterocycles. The van der Waals surface area contributed by atoms with Gasteiger partial charge in [0.2, 0.25) is 0 Å². The minimum Gasteiger partial charge on any atom is -0.481 e. The molecule has 2 rings (SSSR count). The number of carboxylic acids is 1. The Labute approximate surface area is 102 Å². The Hall–Kier alpha value is -1.88. The molecule has 0 aliphatic heterocycles. The third-order valence-electron chi connectivity index (χ3n) is 2.38. The summed E-state index contributed by atoms with van der Waals surface area (Å²) in [6.07, 6.45) is 1.77. The smallest absolute Gasteiger partial charge is 0.307 e. The molecule has 0 saturated heterocycles. The molecule has 0 saturated carbocycles. The molecule has 88 valence electrons. The summed E-state index contributed by atoms with van der Waals surface area (Å²) in [5.74, 6) is -0.841. The number of hydrogen-bond donors (Lipinski definition) is 1. The first kappa shape index (κ1) is 11.6. The Morgan fingerprint density at radius 2 is 1.88 bits per heavy atom. The summed E-state index contributed by atoms with van der Waals surface area (Å²) in [5.41, 5.74) is 1.75. The van der Waals surface area contributed by atoms with E-state index in [2.05, 4.69) is 0 Å². The van der Waals surface area contributed by atoms with Gasteiger partial charge >= 0.3 is 10.8 Å². The van der Waals surface area contributed by atoms with Crippen LogP contribution in [0.15, 0.2) is 40.6 Å². The second kappa shape index (κ2) is 4.97. The lowest BCUT2D eigenvalue weighted by molar-refractivity contribution is -0.136. The van der Waals surface area contributed by atoms with E-state index >= 15 is 0 Å². The van der Waals surface area contributed by atoms with Gasteiger partial charge in [-0.05, 0) is 11.1 Å².